The molecule has 1 aliphatic heterocycles. The number of hydrogen-bond acceptors (Lipinski definition) is 2. The number of piperidine rings is 1. The van der Waals surface area contributed by atoms with Gasteiger partial charge in [-0.15, -0.1) is 11.6 Å². The molecule has 1 saturated heterocycles. The Labute approximate surface area is 103 Å². The Morgan fingerprint density at radius 2 is 2.00 bits per heavy atom. The number of alkyl halides is 1. The maximum absolute atomic E-state index is 6.14. The molecule has 88 valence electrons. The van der Waals surface area contributed by atoms with Gasteiger partial charge in [-0.2, -0.15) is 0 Å². The van der Waals surface area contributed by atoms with Crippen molar-refractivity contribution in [1.82, 2.24) is 9.88 Å². The summed E-state index contributed by atoms with van der Waals surface area (Å²) in [6.45, 7) is 5.50. The molecule has 1 aliphatic rings. The van der Waals surface area contributed by atoms with Gasteiger partial charge in [0.25, 0.3) is 0 Å². The van der Waals surface area contributed by atoms with E-state index in [0.29, 0.717) is 11.3 Å². The summed E-state index contributed by atoms with van der Waals surface area (Å²) in [6, 6.07) is 4.19. The molecule has 0 bridgehead atoms. The second-order valence-corrected chi connectivity index (χ2v) is 5.33. The van der Waals surface area contributed by atoms with E-state index >= 15 is 0 Å². The van der Waals surface area contributed by atoms with E-state index in [2.05, 4.69) is 28.9 Å². The van der Waals surface area contributed by atoms with E-state index in [1.54, 1.807) is 0 Å². The van der Waals surface area contributed by atoms with Crippen LogP contribution in [0.2, 0.25) is 0 Å². The number of halogens is 1. The van der Waals surface area contributed by atoms with Crippen molar-refractivity contribution in [3.63, 3.8) is 0 Å². The van der Waals surface area contributed by atoms with Crippen LogP contribution in [-0.4, -0.2) is 28.4 Å². The molecule has 0 radical (unpaired) electrons. The fourth-order valence-corrected chi connectivity index (χ4v) is 2.57. The van der Waals surface area contributed by atoms with E-state index in [1.807, 2.05) is 12.4 Å². The zero-order valence-corrected chi connectivity index (χ0v) is 10.5. The third-order valence-electron chi connectivity index (χ3n) is 3.44. The van der Waals surface area contributed by atoms with Crippen LogP contribution < -0.4 is 0 Å². The first kappa shape index (κ1) is 11.9. The summed E-state index contributed by atoms with van der Waals surface area (Å²) in [6.07, 6.45) is 6.19. The second-order valence-electron chi connectivity index (χ2n) is 4.65. The maximum Gasteiger partial charge on any atom is 0.0337 e. The summed E-state index contributed by atoms with van der Waals surface area (Å²) >= 11 is 6.14. The van der Waals surface area contributed by atoms with Crippen molar-refractivity contribution in [1.29, 1.82) is 0 Å². The Morgan fingerprint density at radius 3 is 2.56 bits per heavy atom. The molecule has 0 aliphatic carbocycles. The van der Waals surface area contributed by atoms with Crippen molar-refractivity contribution in [2.24, 2.45) is 5.92 Å². The van der Waals surface area contributed by atoms with Crippen LogP contribution in [-0.2, 0) is 6.54 Å². The van der Waals surface area contributed by atoms with Crippen LogP contribution in [0.1, 0.15) is 25.3 Å². The Morgan fingerprint density at radius 1 is 1.38 bits per heavy atom. The van der Waals surface area contributed by atoms with Crippen LogP contribution >= 0.6 is 11.6 Å². The summed E-state index contributed by atoms with van der Waals surface area (Å²) in [5.41, 5.74) is 1.35. The van der Waals surface area contributed by atoms with Gasteiger partial charge in [0, 0.05) is 24.3 Å². The fraction of sp³-hybridized carbons (Fsp3) is 0.615. The van der Waals surface area contributed by atoms with Gasteiger partial charge in [-0.3, -0.25) is 9.88 Å². The highest BCUT2D eigenvalue weighted by Gasteiger charge is 2.22. The second kappa shape index (κ2) is 5.65. The molecule has 1 unspecified atom stereocenters. The summed E-state index contributed by atoms with van der Waals surface area (Å²) in [7, 11) is 0. The Hall–Kier alpha value is -0.600. The molecule has 0 spiro atoms. The minimum Gasteiger partial charge on any atom is -0.299 e. The van der Waals surface area contributed by atoms with Crippen LogP contribution in [0.15, 0.2) is 24.5 Å². The standard InChI is InChI=1S/C13H19ClN2/c1-11(14)13-4-8-16(9-5-13)10-12-2-6-15-7-3-12/h2-3,6-7,11,13H,4-5,8-10H2,1H3. The number of nitrogens with zero attached hydrogens (tertiary/aromatic N) is 2. The van der Waals surface area contributed by atoms with Crippen molar-refractivity contribution in [3.8, 4) is 0 Å². The smallest absolute Gasteiger partial charge is 0.0337 e. The minimum absolute atomic E-state index is 0.322. The molecule has 0 N–H and O–H groups in total. The van der Waals surface area contributed by atoms with Gasteiger partial charge in [0.2, 0.25) is 0 Å². The number of rotatable bonds is 3. The summed E-state index contributed by atoms with van der Waals surface area (Å²) < 4.78 is 0. The van der Waals surface area contributed by atoms with Gasteiger partial charge in [0.1, 0.15) is 0 Å². The molecule has 16 heavy (non-hydrogen) atoms. The van der Waals surface area contributed by atoms with Crippen molar-refractivity contribution >= 4 is 11.6 Å². The van der Waals surface area contributed by atoms with E-state index in [9.17, 15) is 0 Å². The summed E-state index contributed by atoms with van der Waals surface area (Å²) in [5, 5.41) is 0.322. The molecule has 1 atom stereocenters. The maximum atomic E-state index is 6.14. The molecule has 1 fully saturated rings. The van der Waals surface area contributed by atoms with E-state index in [1.165, 1.54) is 31.5 Å². The van der Waals surface area contributed by atoms with E-state index in [0.717, 1.165) is 6.54 Å². The summed E-state index contributed by atoms with van der Waals surface area (Å²) in [5.74, 6) is 0.704. The fourth-order valence-electron chi connectivity index (χ4n) is 2.32. The van der Waals surface area contributed by atoms with Crippen molar-refractivity contribution in [2.45, 2.75) is 31.7 Å². The molecule has 0 amide bonds. The quantitative estimate of drug-likeness (QED) is 0.753. The molecular weight excluding hydrogens is 220 g/mol. The molecular formula is C13H19ClN2. The average Bonchev–Trinajstić information content (AvgIpc) is 2.31. The van der Waals surface area contributed by atoms with Gasteiger partial charge in [-0.1, -0.05) is 0 Å². The van der Waals surface area contributed by atoms with Gasteiger partial charge in [-0.05, 0) is 56.5 Å². The summed E-state index contributed by atoms with van der Waals surface area (Å²) in [4.78, 5) is 6.54. The van der Waals surface area contributed by atoms with E-state index < -0.39 is 0 Å². The first-order valence-corrected chi connectivity index (χ1v) is 6.44. The minimum atomic E-state index is 0.322. The highest BCUT2D eigenvalue weighted by Crippen LogP contribution is 2.24. The van der Waals surface area contributed by atoms with Crippen LogP contribution in [0.5, 0.6) is 0 Å². The first-order valence-electron chi connectivity index (χ1n) is 6.01. The van der Waals surface area contributed by atoms with Crippen LogP contribution in [0.4, 0.5) is 0 Å². The Balaban J connectivity index is 1.82. The van der Waals surface area contributed by atoms with Gasteiger partial charge in [0.05, 0.1) is 0 Å². The molecule has 2 nitrogen and oxygen atoms in total. The number of pyridine rings is 1. The van der Waals surface area contributed by atoms with Gasteiger partial charge in [0.15, 0.2) is 0 Å². The average molecular weight is 239 g/mol. The monoisotopic (exact) mass is 238 g/mol. The van der Waals surface area contributed by atoms with Crippen molar-refractivity contribution in [2.75, 3.05) is 13.1 Å². The number of hydrogen-bond donors (Lipinski definition) is 0. The zero-order chi connectivity index (χ0) is 11.4. The van der Waals surface area contributed by atoms with Crippen molar-refractivity contribution in [3.05, 3.63) is 30.1 Å². The van der Waals surface area contributed by atoms with Gasteiger partial charge >= 0.3 is 0 Å². The molecule has 1 aromatic heterocycles. The lowest BCUT2D eigenvalue weighted by atomic mass is 9.94. The van der Waals surface area contributed by atoms with Gasteiger partial charge < -0.3 is 0 Å². The predicted molar refractivity (Wildman–Crippen MR) is 67.6 cm³/mol. The SMILES string of the molecule is CC(Cl)C1CCN(Cc2ccncc2)CC1. The predicted octanol–water partition coefficient (Wildman–Crippen LogP) is 2.92. The largest absolute Gasteiger partial charge is 0.299 e. The van der Waals surface area contributed by atoms with Gasteiger partial charge in [-0.25, -0.2) is 0 Å². The molecule has 1 aromatic rings. The van der Waals surface area contributed by atoms with Crippen LogP contribution in [0.3, 0.4) is 0 Å². The normalized spacial score (nSPS) is 20.9. The van der Waals surface area contributed by atoms with Crippen LogP contribution in [0, 0.1) is 5.92 Å². The zero-order valence-electron chi connectivity index (χ0n) is 9.77. The molecule has 0 saturated carbocycles. The van der Waals surface area contributed by atoms with E-state index in [-0.39, 0.29) is 0 Å². The molecule has 2 rings (SSSR count). The first-order chi connectivity index (χ1) is 7.75. The lowest BCUT2D eigenvalue weighted by molar-refractivity contribution is 0.176. The highest BCUT2D eigenvalue weighted by atomic mass is 35.5. The lowest BCUT2D eigenvalue weighted by Gasteiger charge is -2.33. The third-order valence-corrected chi connectivity index (χ3v) is 3.79. The lowest BCUT2D eigenvalue weighted by Crippen LogP contribution is -2.35. The third kappa shape index (κ3) is 3.19. The molecule has 2 heterocycles. The molecule has 3 heteroatoms. The molecule has 0 aromatic carbocycles. The van der Waals surface area contributed by atoms with Crippen molar-refractivity contribution < 1.29 is 0 Å². The van der Waals surface area contributed by atoms with Crippen LogP contribution in [0.25, 0.3) is 0 Å². The van der Waals surface area contributed by atoms with E-state index in [4.69, 9.17) is 11.6 Å². The Bertz CT molecular complexity index is 305. The topological polar surface area (TPSA) is 16.1 Å². The highest BCUT2D eigenvalue weighted by molar-refractivity contribution is 6.20. The number of likely N-dealkylation sites (tertiary alicyclic amines) is 1. The number of aromatic nitrogens is 1. The Kier molecular flexibility index (Phi) is 4.19.